The molecule has 15 heavy (non-hydrogen) atoms. The van der Waals surface area contributed by atoms with Crippen LogP contribution in [-0.2, 0) is 13.1 Å². The van der Waals surface area contributed by atoms with Crippen molar-refractivity contribution in [3.63, 3.8) is 0 Å². The van der Waals surface area contributed by atoms with Gasteiger partial charge in [0.25, 0.3) is 0 Å². The van der Waals surface area contributed by atoms with Gasteiger partial charge >= 0.3 is 0 Å². The zero-order chi connectivity index (χ0) is 11.1. The summed E-state index contributed by atoms with van der Waals surface area (Å²) in [7, 11) is 0. The van der Waals surface area contributed by atoms with Crippen molar-refractivity contribution in [2.45, 2.75) is 13.1 Å². The van der Waals surface area contributed by atoms with Crippen molar-refractivity contribution in [2.24, 2.45) is 5.73 Å². The molecule has 0 radical (unpaired) electrons. The normalized spacial score (nSPS) is 10.5. The van der Waals surface area contributed by atoms with Crippen LogP contribution in [-0.4, -0.2) is 18.0 Å². The summed E-state index contributed by atoms with van der Waals surface area (Å²) in [6, 6.07) is 1.91. The van der Waals surface area contributed by atoms with Gasteiger partial charge in [0.2, 0.25) is 0 Å². The minimum absolute atomic E-state index is 0.516. The fraction of sp³-hybridized carbons (Fsp3) is 0.333. The van der Waals surface area contributed by atoms with Gasteiger partial charge in [0.1, 0.15) is 5.76 Å². The molecular weight excluding hydrogens is 188 g/mol. The lowest BCUT2D eigenvalue weighted by atomic mass is 10.2. The first-order valence-corrected chi connectivity index (χ1v) is 5.01. The summed E-state index contributed by atoms with van der Waals surface area (Å²) in [6.45, 7) is 10.3. The fourth-order valence-electron chi connectivity index (χ4n) is 1.46. The SMILES string of the molecule is C=CCN(CC=C)Cc1occc1CN. The van der Waals surface area contributed by atoms with E-state index in [2.05, 4.69) is 18.1 Å². The Labute approximate surface area is 90.9 Å². The zero-order valence-corrected chi connectivity index (χ0v) is 8.98. The summed E-state index contributed by atoms with van der Waals surface area (Å²) in [4.78, 5) is 2.18. The van der Waals surface area contributed by atoms with Gasteiger partial charge in [-0.05, 0) is 6.07 Å². The molecule has 0 bridgehead atoms. The summed E-state index contributed by atoms with van der Waals surface area (Å²) in [5, 5.41) is 0. The Morgan fingerprint density at radius 2 is 2.00 bits per heavy atom. The molecule has 0 amide bonds. The highest BCUT2D eigenvalue weighted by Gasteiger charge is 2.08. The van der Waals surface area contributed by atoms with Crippen LogP contribution in [0.1, 0.15) is 11.3 Å². The summed E-state index contributed by atoms with van der Waals surface area (Å²) in [6.07, 6.45) is 5.42. The summed E-state index contributed by atoms with van der Waals surface area (Å²) in [5.41, 5.74) is 6.66. The van der Waals surface area contributed by atoms with Gasteiger partial charge in [-0.1, -0.05) is 12.2 Å². The molecule has 1 rings (SSSR count). The van der Waals surface area contributed by atoms with Gasteiger partial charge in [0.05, 0.1) is 12.8 Å². The zero-order valence-electron chi connectivity index (χ0n) is 8.98. The predicted molar refractivity (Wildman–Crippen MR) is 62.3 cm³/mol. The lowest BCUT2D eigenvalue weighted by Gasteiger charge is -2.17. The van der Waals surface area contributed by atoms with E-state index < -0.39 is 0 Å². The topological polar surface area (TPSA) is 42.4 Å². The Morgan fingerprint density at radius 1 is 1.33 bits per heavy atom. The number of nitrogens with zero attached hydrogens (tertiary/aromatic N) is 1. The molecule has 0 atom stereocenters. The minimum Gasteiger partial charge on any atom is -0.468 e. The van der Waals surface area contributed by atoms with Crippen LogP contribution in [0.2, 0.25) is 0 Å². The van der Waals surface area contributed by atoms with Gasteiger partial charge < -0.3 is 10.2 Å². The largest absolute Gasteiger partial charge is 0.468 e. The van der Waals surface area contributed by atoms with E-state index in [4.69, 9.17) is 10.2 Å². The highest BCUT2D eigenvalue weighted by Crippen LogP contribution is 2.12. The van der Waals surface area contributed by atoms with E-state index in [9.17, 15) is 0 Å². The van der Waals surface area contributed by atoms with Crippen molar-refractivity contribution in [2.75, 3.05) is 13.1 Å². The fourth-order valence-corrected chi connectivity index (χ4v) is 1.46. The van der Waals surface area contributed by atoms with Crippen LogP contribution >= 0.6 is 0 Å². The molecule has 0 saturated heterocycles. The second-order valence-corrected chi connectivity index (χ2v) is 3.34. The smallest absolute Gasteiger partial charge is 0.122 e. The van der Waals surface area contributed by atoms with Gasteiger partial charge in [-0.3, -0.25) is 4.90 Å². The van der Waals surface area contributed by atoms with Crippen molar-refractivity contribution in [3.8, 4) is 0 Å². The van der Waals surface area contributed by atoms with Crippen molar-refractivity contribution in [1.29, 1.82) is 0 Å². The van der Waals surface area contributed by atoms with Gasteiger partial charge in [0.15, 0.2) is 0 Å². The van der Waals surface area contributed by atoms with Crippen molar-refractivity contribution in [3.05, 3.63) is 49.0 Å². The molecule has 0 fully saturated rings. The van der Waals surface area contributed by atoms with Gasteiger partial charge in [-0.25, -0.2) is 0 Å². The van der Waals surface area contributed by atoms with E-state index in [1.165, 1.54) is 0 Å². The molecule has 2 N–H and O–H groups in total. The molecule has 0 aromatic carbocycles. The van der Waals surface area contributed by atoms with E-state index >= 15 is 0 Å². The average molecular weight is 206 g/mol. The van der Waals surface area contributed by atoms with E-state index in [1.807, 2.05) is 18.2 Å². The van der Waals surface area contributed by atoms with E-state index in [0.717, 1.165) is 31.0 Å². The maximum absolute atomic E-state index is 5.60. The first-order chi connectivity index (χ1) is 7.31. The van der Waals surface area contributed by atoms with Gasteiger partial charge in [0, 0.05) is 25.2 Å². The maximum Gasteiger partial charge on any atom is 0.122 e. The minimum atomic E-state index is 0.516. The summed E-state index contributed by atoms with van der Waals surface area (Å²) < 4.78 is 5.39. The Kier molecular flexibility index (Phi) is 4.87. The molecular formula is C12H18N2O. The Morgan fingerprint density at radius 3 is 2.53 bits per heavy atom. The Bertz CT molecular complexity index is 307. The standard InChI is InChI=1S/C12H18N2O/c1-3-6-14(7-4-2)10-12-11(9-13)5-8-15-12/h3-5,8H,1-2,6-7,9-10,13H2. The first kappa shape index (κ1) is 11.8. The number of rotatable bonds is 7. The Balaban J connectivity index is 2.63. The third kappa shape index (κ3) is 3.38. The van der Waals surface area contributed by atoms with Gasteiger partial charge in [-0.15, -0.1) is 13.2 Å². The highest BCUT2D eigenvalue weighted by atomic mass is 16.3. The molecule has 0 aliphatic carbocycles. The quantitative estimate of drug-likeness (QED) is 0.693. The molecule has 1 heterocycles. The van der Waals surface area contributed by atoms with Crippen LogP contribution in [0.5, 0.6) is 0 Å². The Hall–Kier alpha value is -1.32. The monoisotopic (exact) mass is 206 g/mol. The van der Waals surface area contributed by atoms with Crippen LogP contribution in [0.4, 0.5) is 0 Å². The number of furan rings is 1. The van der Waals surface area contributed by atoms with Crippen LogP contribution < -0.4 is 5.73 Å². The van der Waals surface area contributed by atoms with Crippen LogP contribution in [0.3, 0.4) is 0 Å². The molecule has 0 unspecified atom stereocenters. The third-order valence-electron chi connectivity index (χ3n) is 2.20. The summed E-state index contributed by atoms with van der Waals surface area (Å²) >= 11 is 0. The van der Waals surface area contributed by atoms with Crippen molar-refractivity contribution < 1.29 is 4.42 Å². The van der Waals surface area contributed by atoms with Crippen molar-refractivity contribution >= 4 is 0 Å². The van der Waals surface area contributed by atoms with E-state index in [0.29, 0.717) is 6.54 Å². The number of nitrogens with two attached hydrogens (primary N) is 1. The lowest BCUT2D eigenvalue weighted by molar-refractivity contribution is 0.293. The molecule has 0 aliphatic rings. The second-order valence-electron chi connectivity index (χ2n) is 3.34. The molecule has 1 aromatic heterocycles. The highest BCUT2D eigenvalue weighted by molar-refractivity contribution is 5.16. The van der Waals surface area contributed by atoms with E-state index in [-0.39, 0.29) is 0 Å². The van der Waals surface area contributed by atoms with Gasteiger partial charge in [-0.2, -0.15) is 0 Å². The maximum atomic E-state index is 5.60. The molecule has 3 nitrogen and oxygen atoms in total. The molecule has 3 heteroatoms. The lowest BCUT2D eigenvalue weighted by Crippen LogP contribution is -2.23. The second kappa shape index (κ2) is 6.22. The molecule has 0 saturated carbocycles. The van der Waals surface area contributed by atoms with Crippen LogP contribution in [0, 0.1) is 0 Å². The molecule has 0 spiro atoms. The van der Waals surface area contributed by atoms with E-state index in [1.54, 1.807) is 6.26 Å². The number of hydrogen-bond donors (Lipinski definition) is 1. The molecule has 82 valence electrons. The first-order valence-electron chi connectivity index (χ1n) is 5.01. The summed E-state index contributed by atoms with van der Waals surface area (Å²) in [5.74, 6) is 0.932. The van der Waals surface area contributed by atoms with Crippen LogP contribution in [0.25, 0.3) is 0 Å². The molecule has 0 aliphatic heterocycles. The molecule has 1 aromatic rings. The van der Waals surface area contributed by atoms with Crippen molar-refractivity contribution in [1.82, 2.24) is 4.90 Å². The number of hydrogen-bond acceptors (Lipinski definition) is 3. The van der Waals surface area contributed by atoms with Crippen LogP contribution in [0.15, 0.2) is 42.1 Å². The predicted octanol–water partition coefficient (Wildman–Crippen LogP) is 1.91. The average Bonchev–Trinajstić information content (AvgIpc) is 2.66. The third-order valence-corrected chi connectivity index (χ3v) is 2.20.